The minimum Gasteiger partial charge on any atom is -0.367 e. The standard InChI is InChI=1S/C25H22N8OS/c34-24(30-21-14-27-7-5-23(21)32-10-8-26-9-11-32)22-16-35-25(31-22)33-15-19(13-29-33)17-3-4-20-18(12-17)2-1-6-28-20/h1-7,12-16,26H,8-11H2,(H,30,34). The third kappa shape index (κ3) is 4.36. The molecule has 1 amide bonds. The maximum atomic E-state index is 13.0. The molecule has 1 aliphatic rings. The van der Waals surface area contributed by atoms with Crippen LogP contribution in [0.1, 0.15) is 10.5 Å². The van der Waals surface area contributed by atoms with Crippen LogP contribution in [0, 0.1) is 0 Å². The third-order valence-electron chi connectivity index (χ3n) is 5.94. The lowest BCUT2D eigenvalue weighted by Gasteiger charge is -2.30. The van der Waals surface area contributed by atoms with Crippen molar-refractivity contribution in [1.29, 1.82) is 0 Å². The fraction of sp³-hybridized carbons (Fsp3) is 0.160. The summed E-state index contributed by atoms with van der Waals surface area (Å²) in [6.45, 7) is 3.58. The van der Waals surface area contributed by atoms with Crippen molar-refractivity contribution in [3.05, 3.63) is 78.5 Å². The average molecular weight is 483 g/mol. The zero-order chi connectivity index (χ0) is 23.6. The van der Waals surface area contributed by atoms with Crippen LogP contribution in [0.4, 0.5) is 11.4 Å². The Morgan fingerprint density at radius 1 is 1.06 bits per heavy atom. The second-order valence-electron chi connectivity index (χ2n) is 8.18. The lowest BCUT2D eigenvalue weighted by atomic mass is 10.1. The van der Waals surface area contributed by atoms with Gasteiger partial charge in [0.05, 0.1) is 29.3 Å². The Balaban J connectivity index is 1.20. The van der Waals surface area contributed by atoms with Crippen LogP contribution in [0.2, 0.25) is 0 Å². The van der Waals surface area contributed by atoms with Crippen LogP contribution in [0.15, 0.2) is 72.8 Å². The number of nitrogens with one attached hydrogen (secondary N) is 2. The predicted molar refractivity (Wildman–Crippen MR) is 137 cm³/mol. The summed E-state index contributed by atoms with van der Waals surface area (Å²) in [6, 6.07) is 12.0. The summed E-state index contributed by atoms with van der Waals surface area (Å²) in [7, 11) is 0. The van der Waals surface area contributed by atoms with Crippen LogP contribution in [-0.4, -0.2) is 56.8 Å². The summed E-state index contributed by atoms with van der Waals surface area (Å²) < 4.78 is 1.69. The number of hydrogen-bond donors (Lipinski definition) is 2. The van der Waals surface area contributed by atoms with Gasteiger partial charge in [-0.2, -0.15) is 5.10 Å². The van der Waals surface area contributed by atoms with Gasteiger partial charge in [0.15, 0.2) is 0 Å². The highest BCUT2D eigenvalue weighted by molar-refractivity contribution is 7.12. The highest BCUT2D eigenvalue weighted by Gasteiger charge is 2.18. The number of aromatic nitrogens is 5. The second kappa shape index (κ2) is 9.24. The number of pyridine rings is 2. The fourth-order valence-corrected chi connectivity index (χ4v) is 4.89. The number of carbonyl (C=O) groups is 1. The topological polar surface area (TPSA) is 101 Å². The van der Waals surface area contributed by atoms with Crippen LogP contribution in [0.5, 0.6) is 0 Å². The summed E-state index contributed by atoms with van der Waals surface area (Å²) in [5, 5.41) is 14.2. The van der Waals surface area contributed by atoms with Crippen molar-refractivity contribution in [2.24, 2.45) is 0 Å². The van der Waals surface area contributed by atoms with Crippen LogP contribution >= 0.6 is 11.3 Å². The molecule has 5 aromatic rings. The SMILES string of the molecule is O=C(Nc1cnccc1N1CCNCC1)c1csc(-n2cc(-c3ccc4ncccc4c3)cn2)n1. The molecule has 35 heavy (non-hydrogen) atoms. The summed E-state index contributed by atoms with van der Waals surface area (Å²) in [5.41, 5.74) is 4.95. The molecule has 174 valence electrons. The fourth-order valence-electron chi connectivity index (χ4n) is 4.16. The number of thiazole rings is 1. The molecule has 1 aromatic carbocycles. The van der Waals surface area contributed by atoms with E-state index in [1.807, 2.05) is 36.5 Å². The van der Waals surface area contributed by atoms with E-state index in [4.69, 9.17) is 0 Å². The van der Waals surface area contributed by atoms with Gasteiger partial charge in [-0.25, -0.2) is 9.67 Å². The van der Waals surface area contributed by atoms with E-state index in [1.54, 1.807) is 34.8 Å². The molecular formula is C25H22N8OS. The number of fused-ring (bicyclic) bond motifs is 1. The highest BCUT2D eigenvalue weighted by atomic mass is 32.1. The van der Waals surface area contributed by atoms with Gasteiger partial charge in [0, 0.05) is 61.1 Å². The number of amides is 1. The molecule has 0 aliphatic carbocycles. The smallest absolute Gasteiger partial charge is 0.275 e. The first kappa shape index (κ1) is 21.4. The Bertz CT molecular complexity index is 1500. The van der Waals surface area contributed by atoms with Crippen molar-refractivity contribution in [3.8, 4) is 16.3 Å². The van der Waals surface area contributed by atoms with Crippen LogP contribution in [0.25, 0.3) is 27.2 Å². The Morgan fingerprint density at radius 3 is 2.89 bits per heavy atom. The lowest BCUT2D eigenvalue weighted by molar-refractivity contribution is 0.102. The van der Waals surface area contributed by atoms with E-state index < -0.39 is 0 Å². The first-order valence-electron chi connectivity index (χ1n) is 11.3. The van der Waals surface area contributed by atoms with Crippen molar-refractivity contribution in [2.45, 2.75) is 0 Å². The van der Waals surface area contributed by atoms with E-state index in [9.17, 15) is 4.79 Å². The van der Waals surface area contributed by atoms with Gasteiger partial charge in [-0.05, 0) is 29.8 Å². The van der Waals surface area contributed by atoms with Crippen molar-refractivity contribution in [2.75, 3.05) is 36.4 Å². The second-order valence-corrected chi connectivity index (χ2v) is 9.02. The Hall–Kier alpha value is -4.15. The number of carbonyl (C=O) groups excluding carboxylic acids is 1. The number of benzene rings is 1. The Morgan fingerprint density at radius 2 is 1.97 bits per heavy atom. The molecular weight excluding hydrogens is 460 g/mol. The van der Waals surface area contributed by atoms with Crippen molar-refractivity contribution < 1.29 is 4.79 Å². The van der Waals surface area contributed by atoms with Gasteiger partial charge in [0.2, 0.25) is 5.13 Å². The number of anilines is 2. The molecule has 0 saturated carbocycles. The van der Waals surface area contributed by atoms with Crippen LogP contribution in [0.3, 0.4) is 0 Å². The predicted octanol–water partition coefficient (Wildman–Crippen LogP) is 3.60. The van der Waals surface area contributed by atoms with E-state index in [-0.39, 0.29) is 5.91 Å². The summed E-state index contributed by atoms with van der Waals surface area (Å²) in [5.74, 6) is -0.272. The van der Waals surface area contributed by atoms with Crippen molar-refractivity contribution in [1.82, 2.24) is 30.0 Å². The lowest BCUT2D eigenvalue weighted by Crippen LogP contribution is -2.43. The van der Waals surface area contributed by atoms with Gasteiger partial charge in [-0.3, -0.25) is 14.8 Å². The number of piperazine rings is 1. The monoisotopic (exact) mass is 482 g/mol. The molecule has 6 rings (SSSR count). The molecule has 1 aliphatic heterocycles. The summed E-state index contributed by atoms with van der Waals surface area (Å²) in [6.07, 6.45) is 8.93. The highest BCUT2D eigenvalue weighted by Crippen LogP contribution is 2.27. The van der Waals surface area contributed by atoms with Crippen molar-refractivity contribution >= 4 is 39.5 Å². The number of hydrogen-bond acceptors (Lipinski definition) is 8. The van der Waals surface area contributed by atoms with Crippen LogP contribution in [-0.2, 0) is 0 Å². The molecule has 10 heteroatoms. The van der Waals surface area contributed by atoms with Crippen molar-refractivity contribution in [3.63, 3.8) is 0 Å². The zero-order valence-corrected chi connectivity index (χ0v) is 19.6. The quantitative estimate of drug-likeness (QED) is 0.395. The van der Waals surface area contributed by atoms with Crippen LogP contribution < -0.4 is 15.5 Å². The van der Waals surface area contributed by atoms with Gasteiger partial charge in [-0.15, -0.1) is 11.3 Å². The molecule has 5 heterocycles. The van der Waals surface area contributed by atoms with E-state index in [2.05, 4.69) is 41.7 Å². The molecule has 4 aromatic heterocycles. The van der Waals surface area contributed by atoms with E-state index in [1.165, 1.54) is 11.3 Å². The first-order chi connectivity index (χ1) is 17.2. The minimum absolute atomic E-state index is 0.272. The molecule has 2 N–H and O–H groups in total. The average Bonchev–Trinajstić information content (AvgIpc) is 3.60. The normalized spacial score (nSPS) is 13.8. The molecule has 1 saturated heterocycles. The number of nitrogens with zero attached hydrogens (tertiary/aromatic N) is 6. The molecule has 9 nitrogen and oxygen atoms in total. The van der Waals surface area contributed by atoms with Gasteiger partial charge >= 0.3 is 0 Å². The zero-order valence-electron chi connectivity index (χ0n) is 18.8. The maximum Gasteiger partial charge on any atom is 0.275 e. The van der Waals surface area contributed by atoms with Gasteiger partial charge < -0.3 is 15.5 Å². The number of rotatable bonds is 5. The molecule has 0 bridgehead atoms. The van der Waals surface area contributed by atoms with E-state index in [0.717, 1.165) is 53.9 Å². The molecule has 0 radical (unpaired) electrons. The largest absolute Gasteiger partial charge is 0.367 e. The maximum absolute atomic E-state index is 13.0. The van der Waals surface area contributed by atoms with Gasteiger partial charge in [-0.1, -0.05) is 12.1 Å². The summed E-state index contributed by atoms with van der Waals surface area (Å²) in [4.78, 5) is 28.3. The van der Waals surface area contributed by atoms with E-state index in [0.29, 0.717) is 16.5 Å². The van der Waals surface area contributed by atoms with E-state index >= 15 is 0 Å². The molecule has 0 atom stereocenters. The molecule has 0 spiro atoms. The first-order valence-corrected chi connectivity index (χ1v) is 12.2. The minimum atomic E-state index is -0.272. The summed E-state index contributed by atoms with van der Waals surface area (Å²) >= 11 is 1.37. The molecule has 0 unspecified atom stereocenters. The van der Waals surface area contributed by atoms with Gasteiger partial charge in [0.25, 0.3) is 5.91 Å². The van der Waals surface area contributed by atoms with Gasteiger partial charge in [0.1, 0.15) is 5.69 Å². The third-order valence-corrected chi connectivity index (χ3v) is 6.77. The molecule has 1 fully saturated rings. The Labute approximate surface area is 205 Å². The Kier molecular flexibility index (Phi) is 5.65.